The molecule has 0 bridgehead atoms. The van der Waals surface area contributed by atoms with Crippen molar-refractivity contribution in [1.29, 1.82) is 0 Å². The zero-order valence-corrected chi connectivity index (χ0v) is 18.7. The van der Waals surface area contributed by atoms with Gasteiger partial charge in [0.25, 0.3) is 5.91 Å². The van der Waals surface area contributed by atoms with Gasteiger partial charge < -0.3 is 29.9 Å². The van der Waals surface area contributed by atoms with Crippen LogP contribution in [0.1, 0.15) is 43.0 Å². The first-order chi connectivity index (χ1) is 15.1. The molecule has 31 heavy (non-hydrogen) atoms. The van der Waals surface area contributed by atoms with Crippen molar-refractivity contribution in [2.45, 2.75) is 38.6 Å². The van der Waals surface area contributed by atoms with Crippen molar-refractivity contribution in [2.24, 2.45) is 5.92 Å². The standard InChI is InChI=1S/C22H30N4O4S/c1-2-23-22(31)26-11-7-15(8-12-26)19(21(28)25-9-3-4-10-25)24-20(27)16-5-6-17-18(13-16)30-14-29-17/h5-6,13,15,19H,2-4,7-12,14H2,1H3,(H,23,31)(H,24,27). The van der Waals surface area contributed by atoms with E-state index in [9.17, 15) is 9.59 Å². The molecule has 2 amide bonds. The Labute approximate surface area is 188 Å². The summed E-state index contributed by atoms with van der Waals surface area (Å²) in [6.45, 7) is 6.05. The SMILES string of the molecule is CCNC(=S)N1CCC(C(NC(=O)c2ccc3c(c2)OCO3)C(=O)N2CCCC2)CC1. The molecule has 1 aromatic rings. The van der Waals surface area contributed by atoms with Crippen LogP contribution in [0.5, 0.6) is 11.5 Å². The van der Waals surface area contributed by atoms with Gasteiger partial charge in [-0.25, -0.2) is 0 Å². The normalized spacial score (nSPS) is 19.3. The summed E-state index contributed by atoms with van der Waals surface area (Å²) in [7, 11) is 0. The maximum Gasteiger partial charge on any atom is 0.252 e. The predicted molar refractivity (Wildman–Crippen MR) is 120 cm³/mol. The van der Waals surface area contributed by atoms with Gasteiger partial charge in [0.1, 0.15) is 6.04 Å². The average Bonchev–Trinajstić information content (AvgIpc) is 3.49. The number of ether oxygens (including phenoxy) is 2. The number of rotatable bonds is 5. The van der Waals surface area contributed by atoms with E-state index in [2.05, 4.69) is 15.5 Å². The summed E-state index contributed by atoms with van der Waals surface area (Å²) in [4.78, 5) is 30.4. The molecule has 2 saturated heterocycles. The maximum atomic E-state index is 13.3. The molecule has 0 saturated carbocycles. The number of carbonyl (C=O) groups excluding carboxylic acids is 2. The van der Waals surface area contributed by atoms with E-state index in [-0.39, 0.29) is 24.5 Å². The number of likely N-dealkylation sites (tertiary alicyclic amines) is 2. The van der Waals surface area contributed by atoms with E-state index < -0.39 is 6.04 Å². The van der Waals surface area contributed by atoms with Crippen LogP contribution in [0.15, 0.2) is 18.2 Å². The third-order valence-electron chi connectivity index (χ3n) is 6.23. The first kappa shape index (κ1) is 21.7. The van der Waals surface area contributed by atoms with Gasteiger partial charge in [-0.2, -0.15) is 0 Å². The minimum atomic E-state index is -0.536. The van der Waals surface area contributed by atoms with Gasteiger partial charge in [0.05, 0.1) is 0 Å². The van der Waals surface area contributed by atoms with Crippen molar-refractivity contribution in [3.05, 3.63) is 23.8 Å². The summed E-state index contributed by atoms with van der Waals surface area (Å²) in [6, 6.07) is 4.57. The number of piperidine rings is 1. The van der Waals surface area contributed by atoms with Gasteiger partial charge in [0.2, 0.25) is 12.7 Å². The highest BCUT2D eigenvalue weighted by Gasteiger charge is 2.36. The Morgan fingerprint density at radius 1 is 1.10 bits per heavy atom. The van der Waals surface area contributed by atoms with Gasteiger partial charge in [-0.15, -0.1) is 0 Å². The van der Waals surface area contributed by atoms with Crippen LogP contribution in [0.3, 0.4) is 0 Å². The molecule has 168 valence electrons. The van der Waals surface area contributed by atoms with Crippen molar-refractivity contribution >= 4 is 29.1 Å². The van der Waals surface area contributed by atoms with E-state index in [1.807, 2.05) is 11.8 Å². The largest absolute Gasteiger partial charge is 0.454 e. The van der Waals surface area contributed by atoms with E-state index in [0.29, 0.717) is 17.1 Å². The van der Waals surface area contributed by atoms with Crippen LogP contribution in [-0.2, 0) is 4.79 Å². The molecular formula is C22H30N4O4S. The molecule has 2 N–H and O–H groups in total. The lowest BCUT2D eigenvalue weighted by Crippen LogP contribution is -2.55. The fraction of sp³-hybridized carbons (Fsp3) is 0.591. The van der Waals surface area contributed by atoms with Gasteiger partial charge in [-0.1, -0.05) is 0 Å². The second-order valence-electron chi connectivity index (χ2n) is 8.21. The van der Waals surface area contributed by atoms with Crippen LogP contribution < -0.4 is 20.1 Å². The van der Waals surface area contributed by atoms with Crippen LogP contribution in [0.4, 0.5) is 0 Å². The summed E-state index contributed by atoms with van der Waals surface area (Å²) in [5.74, 6) is 1.03. The highest BCUT2D eigenvalue weighted by Crippen LogP contribution is 2.32. The van der Waals surface area contributed by atoms with Gasteiger partial charge >= 0.3 is 0 Å². The van der Waals surface area contributed by atoms with Crippen molar-refractivity contribution in [3.63, 3.8) is 0 Å². The van der Waals surface area contributed by atoms with Gasteiger partial charge in [0, 0.05) is 38.3 Å². The molecule has 4 rings (SSSR count). The molecule has 1 unspecified atom stereocenters. The molecule has 3 aliphatic rings. The van der Waals surface area contributed by atoms with Crippen molar-refractivity contribution < 1.29 is 19.1 Å². The average molecular weight is 447 g/mol. The zero-order chi connectivity index (χ0) is 21.8. The van der Waals surface area contributed by atoms with Crippen molar-refractivity contribution in [2.75, 3.05) is 39.5 Å². The Morgan fingerprint density at radius 2 is 1.81 bits per heavy atom. The van der Waals surface area contributed by atoms with E-state index in [1.54, 1.807) is 18.2 Å². The topological polar surface area (TPSA) is 83.1 Å². The molecule has 8 nitrogen and oxygen atoms in total. The number of nitrogens with zero attached hydrogens (tertiary/aromatic N) is 2. The smallest absolute Gasteiger partial charge is 0.252 e. The van der Waals surface area contributed by atoms with E-state index in [1.165, 1.54) is 0 Å². The summed E-state index contributed by atoms with van der Waals surface area (Å²) < 4.78 is 10.7. The van der Waals surface area contributed by atoms with E-state index in [0.717, 1.165) is 63.5 Å². The summed E-state index contributed by atoms with van der Waals surface area (Å²) in [5.41, 5.74) is 0.467. The summed E-state index contributed by atoms with van der Waals surface area (Å²) in [5, 5.41) is 7.00. The maximum absolute atomic E-state index is 13.3. The number of benzene rings is 1. The Hall–Kier alpha value is -2.55. The first-order valence-corrected chi connectivity index (χ1v) is 11.5. The van der Waals surface area contributed by atoms with E-state index in [4.69, 9.17) is 21.7 Å². The van der Waals surface area contributed by atoms with Crippen LogP contribution in [0.25, 0.3) is 0 Å². The third-order valence-corrected chi connectivity index (χ3v) is 6.63. The molecule has 1 atom stereocenters. The highest BCUT2D eigenvalue weighted by atomic mass is 32.1. The monoisotopic (exact) mass is 446 g/mol. The second-order valence-corrected chi connectivity index (χ2v) is 8.60. The van der Waals surface area contributed by atoms with Gasteiger partial charge in [-0.3, -0.25) is 9.59 Å². The number of hydrogen-bond acceptors (Lipinski definition) is 5. The zero-order valence-electron chi connectivity index (χ0n) is 17.9. The number of thiocarbonyl (C=S) groups is 1. The first-order valence-electron chi connectivity index (χ1n) is 11.1. The number of amides is 2. The minimum Gasteiger partial charge on any atom is -0.454 e. The molecule has 3 aliphatic heterocycles. The van der Waals surface area contributed by atoms with E-state index >= 15 is 0 Å². The summed E-state index contributed by atoms with van der Waals surface area (Å²) >= 11 is 5.44. The predicted octanol–water partition coefficient (Wildman–Crippen LogP) is 1.74. The van der Waals surface area contributed by atoms with Crippen molar-refractivity contribution in [1.82, 2.24) is 20.4 Å². The number of fused-ring (bicyclic) bond motifs is 1. The molecule has 0 spiro atoms. The molecule has 9 heteroatoms. The number of nitrogens with one attached hydrogen (secondary N) is 2. The molecule has 1 aromatic carbocycles. The highest BCUT2D eigenvalue weighted by molar-refractivity contribution is 7.80. The fourth-order valence-corrected chi connectivity index (χ4v) is 4.80. The van der Waals surface area contributed by atoms with Crippen LogP contribution in [-0.4, -0.2) is 72.3 Å². The Balaban J connectivity index is 1.46. The Morgan fingerprint density at radius 3 is 2.52 bits per heavy atom. The molecular weight excluding hydrogens is 416 g/mol. The van der Waals surface area contributed by atoms with Gasteiger partial charge in [-0.05, 0) is 68.9 Å². The molecule has 0 aliphatic carbocycles. The molecule has 0 aromatic heterocycles. The lowest BCUT2D eigenvalue weighted by molar-refractivity contribution is -0.134. The molecule has 2 fully saturated rings. The number of carbonyl (C=O) groups is 2. The van der Waals surface area contributed by atoms with Crippen LogP contribution in [0.2, 0.25) is 0 Å². The van der Waals surface area contributed by atoms with Gasteiger partial charge in [0.15, 0.2) is 16.6 Å². The Kier molecular flexibility index (Phi) is 6.80. The minimum absolute atomic E-state index is 0.0271. The fourth-order valence-electron chi connectivity index (χ4n) is 4.48. The number of hydrogen-bond donors (Lipinski definition) is 2. The lowest BCUT2D eigenvalue weighted by atomic mass is 9.88. The Bertz CT molecular complexity index is 835. The second kappa shape index (κ2) is 9.72. The van der Waals surface area contributed by atoms with Crippen LogP contribution in [0, 0.1) is 5.92 Å². The van der Waals surface area contributed by atoms with Crippen LogP contribution >= 0.6 is 12.2 Å². The van der Waals surface area contributed by atoms with Crippen molar-refractivity contribution in [3.8, 4) is 11.5 Å². The molecule has 0 radical (unpaired) electrons. The third kappa shape index (κ3) is 4.87. The summed E-state index contributed by atoms with van der Waals surface area (Å²) in [6.07, 6.45) is 3.64. The molecule has 3 heterocycles. The quantitative estimate of drug-likeness (QED) is 0.667. The lowest BCUT2D eigenvalue weighted by Gasteiger charge is -2.38.